The minimum Gasteiger partial charge on any atom is -0.261 e. The Balaban J connectivity index is 2.19. The van der Waals surface area contributed by atoms with Crippen molar-refractivity contribution in [2.45, 2.75) is 30.8 Å². The standard InChI is InChI=1S/C11H11ClF3N/c12-9(7-3-4-7)6-10-8(11(13,14)15)2-1-5-16-10/h1-2,5,7,9H,3-4,6H2. The minimum absolute atomic E-state index is 0.0573. The largest absolute Gasteiger partial charge is 0.418 e. The molecule has 5 heteroatoms. The smallest absolute Gasteiger partial charge is 0.261 e. The van der Waals surface area contributed by atoms with E-state index in [-0.39, 0.29) is 17.5 Å². The fourth-order valence-electron chi connectivity index (χ4n) is 1.67. The Morgan fingerprint density at radius 1 is 1.44 bits per heavy atom. The van der Waals surface area contributed by atoms with Crippen molar-refractivity contribution in [3.8, 4) is 0 Å². The van der Waals surface area contributed by atoms with E-state index in [2.05, 4.69) is 4.98 Å². The number of hydrogen-bond acceptors (Lipinski definition) is 1. The molecule has 1 heterocycles. The predicted molar refractivity (Wildman–Crippen MR) is 55.3 cm³/mol. The van der Waals surface area contributed by atoms with Crippen molar-refractivity contribution < 1.29 is 13.2 Å². The SMILES string of the molecule is FC(F)(F)c1cccnc1CC(Cl)C1CC1. The Labute approximate surface area is 96.6 Å². The van der Waals surface area contributed by atoms with Crippen LogP contribution in [-0.4, -0.2) is 10.4 Å². The van der Waals surface area contributed by atoms with Crippen LogP contribution in [-0.2, 0) is 12.6 Å². The fraction of sp³-hybridized carbons (Fsp3) is 0.545. The summed E-state index contributed by atoms with van der Waals surface area (Å²) in [4.78, 5) is 3.79. The molecule has 1 saturated carbocycles. The molecule has 0 radical (unpaired) electrons. The summed E-state index contributed by atoms with van der Waals surface area (Å²) in [6.07, 6.45) is -0.739. The van der Waals surface area contributed by atoms with Crippen LogP contribution in [0.5, 0.6) is 0 Å². The molecule has 1 fully saturated rings. The fourth-order valence-corrected chi connectivity index (χ4v) is 2.07. The summed E-state index contributed by atoms with van der Waals surface area (Å²) in [7, 11) is 0. The molecule has 1 aromatic heterocycles. The van der Waals surface area contributed by atoms with E-state index in [1.54, 1.807) is 0 Å². The first kappa shape index (κ1) is 11.7. The molecule has 0 aromatic carbocycles. The third kappa shape index (κ3) is 2.67. The number of halogens is 4. The van der Waals surface area contributed by atoms with Gasteiger partial charge in [-0.25, -0.2) is 0 Å². The summed E-state index contributed by atoms with van der Waals surface area (Å²) < 4.78 is 37.9. The van der Waals surface area contributed by atoms with Crippen LogP contribution < -0.4 is 0 Å². The van der Waals surface area contributed by atoms with Gasteiger partial charge in [0.2, 0.25) is 0 Å². The summed E-state index contributed by atoms with van der Waals surface area (Å²) in [5, 5.41) is -0.226. The van der Waals surface area contributed by atoms with Gasteiger partial charge in [0, 0.05) is 18.0 Å². The van der Waals surface area contributed by atoms with Crippen molar-refractivity contribution in [2.75, 3.05) is 0 Å². The zero-order valence-electron chi connectivity index (χ0n) is 8.47. The molecule has 0 saturated heterocycles. The normalized spacial score (nSPS) is 18.5. The first-order valence-electron chi connectivity index (χ1n) is 5.13. The molecule has 1 aliphatic rings. The van der Waals surface area contributed by atoms with Crippen LogP contribution in [0.25, 0.3) is 0 Å². The van der Waals surface area contributed by atoms with Gasteiger partial charge in [-0.2, -0.15) is 13.2 Å². The molecule has 0 bridgehead atoms. The molecule has 1 aliphatic carbocycles. The van der Waals surface area contributed by atoms with E-state index in [1.165, 1.54) is 12.3 Å². The lowest BCUT2D eigenvalue weighted by Gasteiger charge is -2.13. The first-order chi connectivity index (χ1) is 7.48. The van der Waals surface area contributed by atoms with Crippen LogP contribution in [0.4, 0.5) is 13.2 Å². The second-order valence-corrected chi connectivity index (χ2v) is 4.61. The molecule has 1 unspecified atom stereocenters. The van der Waals surface area contributed by atoms with Crippen molar-refractivity contribution in [1.82, 2.24) is 4.98 Å². The van der Waals surface area contributed by atoms with Crippen molar-refractivity contribution in [3.05, 3.63) is 29.6 Å². The lowest BCUT2D eigenvalue weighted by Crippen LogP contribution is -2.15. The number of alkyl halides is 4. The zero-order valence-corrected chi connectivity index (χ0v) is 9.22. The Hall–Kier alpha value is -0.770. The summed E-state index contributed by atoms with van der Waals surface area (Å²) >= 11 is 6.03. The van der Waals surface area contributed by atoms with E-state index >= 15 is 0 Å². The molecule has 1 atom stereocenters. The maximum atomic E-state index is 12.6. The van der Waals surface area contributed by atoms with Gasteiger partial charge in [-0.15, -0.1) is 11.6 Å². The van der Waals surface area contributed by atoms with Gasteiger partial charge in [-0.3, -0.25) is 4.98 Å². The monoisotopic (exact) mass is 249 g/mol. The van der Waals surface area contributed by atoms with Crippen molar-refractivity contribution in [2.24, 2.45) is 5.92 Å². The highest BCUT2D eigenvalue weighted by Crippen LogP contribution is 2.38. The van der Waals surface area contributed by atoms with E-state index in [0.717, 1.165) is 18.9 Å². The first-order valence-corrected chi connectivity index (χ1v) is 5.57. The van der Waals surface area contributed by atoms with Crippen molar-refractivity contribution in [1.29, 1.82) is 0 Å². The molecule has 16 heavy (non-hydrogen) atoms. The maximum Gasteiger partial charge on any atom is 0.418 e. The number of aromatic nitrogens is 1. The molecule has 88 valence electrons. The second-order valence-electron chi connectivity index (χ2n) is 4.05. The van der Waals surface area contributed by atoms with Crippen molar-refractivity contribution in [3.63, 3.8) is 0 Å². The molecule has 2 rings (SSSR count). The number of rotatable bonds is 3. The van der Waals surface area contributed by atoms with Gasteiger partial charge in [0.15, 0.2) is 0 Å². The Kier molecular flexibility index (Phi) is 3.10. The van der Waals surface area contributed by atoms with Crippen LogP contribution in [0.1, 0.15) is 24.1 Å². The Bertz CT molecular complexity index is 374. The Morgan fingerprint density at radius 3 is 2.69 bits per heavy atom. The highest BCUT2D eigenvalue weighted by atomic mass is 35.5. The van der Waals surface area contributed by atoms with Gasteiger partial charge in [0.25, 0.3) is 0 Å². The highest BCUT2D eigenvalue weighted by molar-refractivity contribution is 6.21. The van der Waals surface area contributed by atoms with E-state index in [4.69, 9.17) is 11.6 Å². The summed E-state index contributed by atoms with van der Waals surface area (Å²) in [5.41, 5.74) is -0.608. The number of pyridine rings is 1. The maximum absolute atomic E-state index is 12.6. The summed E-state index contributed by atoms with van der Waals surface area (Å²) in [6, 6.07) is 2.35. The van der Waals surface area contributed by atoms with Gasteiger partial charge in [0.05, 0.1) is 11.3 Å². The molecular weight excluding hydrogens is 239 g/mol. The zero-order chi connectivity index (χ0) is 11.8. The second kappa shape index (κ2) is 4.24. The lowest BCUT2D eigenvalue weighted by molar-refractivity contribution is -0.138. The summed E-state index contributed by atoms with van der Waals surface area (Å²) in [6.45, 7) is 0. The van der Waals surface area contributed by atoms with E-state index in [9.17, 15) is 13.2 Å². The average Bonchev–Trinajstić information content (AvgIpc) is 2.99. The molecular formula is C11H11ClF3N. The van der Waals surface area contributed by atoms with Crippen molar-refractivity contribution >= 4 is 11.6 Å². The van der Waals surface area contributed by atoms with Gasteiger partial charge in [0.1, 0.15) is 0 Å². The molecule has 1 nitrogen and oxygen atoms in total. The van der Waals surface area contributed by atoms with Gasteiger partial charge in [-0.1, -0.05) is 0 Å². The van der Waals surface area contributed by atoms with E-state index in [0.29, 0.717) is 5.92 Å². The molecule has 0 amide bonds. The number of nitrogens with zero attached hydrogens (tertiary/aromatic N) is 1. The van der Waals surface area contributed by atoms with E-state index < -0.39 is 11.7 Å². The van der Waals surface area contributed by atoms with Crippen LogP contribution in [0.2, 0.25) is 0 Å². The molecule has 0 spiro atoms. The third-order valence-corrected chi connectivity index (χ3v) is 3.23. The van der Waals surface area contributed by atoms with Crippen LogP contribution >= 0.6 is 11.6 Å². The Morgan fingerprint density at radius 2 is 2.12 bits per heavy atom. The van der Waals surface area contributed by atoms with Crippen LogP contribution in [0, 0.1) is 5.92 Å². The highest BCUT2D eigenvalue weighted by Gasteiger charge is 2.36. The van der Waals surface area contributed by atoms with Crippen LogP contribution in [0.15, 0.2) is 18.3 Å². The summed E-state index contributed by atoms with van der Waals surface area (Å²) in [5.74, 6) is 0.366. The predicted octanol–water partition coefficient (Wildman–Crippen LogP) is 3.66. The quantitative estimate of drug-likeness (QED) is 0.745. The minimum atomic E-state index is -4.34. The third-order valence-electron chi connectivity index (χ3n) is 2.72. The van der Waals surface area contributed by atoms with Gasteiger partial charge >= 0.3 is 6.18 Å². The number of hydrogen-bond donors (Lipinski definition) is 0. The van der Waals surface area contributed by atoms with Gasteiger partial charge in [-0.05, 0) is 30.9 Å². The topological polar surface area (TPSA) is 12.9 Å². The van der Waals surface area contributed by atoms with Crippen LogP contribution in [0.3, 0.4) is 0 Å². The molecule has 1 aromatic rings. The molecule has 0 N–H and O–H groups in total. The van der Waals surface area contributed by atoms with E-state index in [1.807, 2.05) is 0 Å². The molecule has 0 aliphatic heterocycles. The van der Waals surface area contributed by atoms with Gasteiger partial charge < -0.3 is 0 Å². The average molecular weight is 250 g/mol. The lowest BCUT2D eigenvalue weighted by atomic mass is 10.1.